The Labute approximate surface area is 120 Å². The van der Waals surface area contributed by atoms with Crippen LogP contribution in [-0.2, 0) is 6.54 Å². The van der Waals surface area contributed by atoms with Crippen LogP contribution >= 0.6 is 11.6 Å². The van der Waals surface area contributed by atoms with Gasteiger partial charge in [0.15, 0.2) is 0 Å². The molecule has 0 aliphatic heterocycles. The van der Waals surface area contributed by atoms with E-state index in [0.29, 0.717) is 0 Å². The Morgan fingerprint density at radius 3 is 2.58 bits per heavy atom. The van der Waals surface area contributed by atoms with Crippen LogP contribution in [-0.4, -0.2) is 14.1 Å². The van der Waals surface area contributed by atoms with Gasteiger partial charge in [-0.3, -0.25) is 0 Å². The van der Waals surface area contributed by atoms with Gasteiger partial charge < -0.3 is 10.2 Å². The molecule has 3 heteroatoms. The Hall–Kier alpha value is -1.67. The molecule has 0 saturated heterocycles. The van der Waals surface area contributed by atoms with Crippen LogP contribution in [0.15, 0.2) is 42.5 Å². The average Bonchev–Trinajstić information content (AvgIpc) is 2.38. The fraction of sp³-hybridized carbons (Fsp3) is 0.250. The molecule has 0 aliphatic rings. The van der Waals surface area contributed by atoms with E-state index in [0.717, 1.165) is 17.3 Å². The third kappa shape index (κ3) is 3.65. The van der Waals surface area contributed by atoms with E-state index in [-0.39, 0.29) is 0 Å². The Balaban J connectivity index is 2.08. The predicted molar refractivity (Wildman–Crippen MR) is 84.3 cm³/mol. The molecular formula is C16H19ClN2. The van der Waals surface area contributed by atoms with Gasteiger partial charge in [0.2, 0.25) is 0 Å². The first kappa shape index (κ1) is 13.8. The number of rotatable bonds is 4. The summed E-state index contributed by atoms with van der Waals surface area (Å²) >= 11 is 5.96. The first-order chi connectivity index (χ1) is 9.06. The molecule has 2 aromatic rings. The molecule has 0 atom stereocenters. The number of nitrogens with zero attached hydrogens (tertiary/aromatic N) is 1. The quantitative estimate of drug-likeness (QED) is 0.893. The van der Waals surface area contributed by atoms with Crippen molar-refractivity contribution in [1.82, 2.24) is 0 Å². The van der Waals surface area contributed by atoms with E-state index >= 15 is 0 Å². The van der Waals surface area contributed by atoms with Gasteiger partial charge in [-0.15, -0.1) is 0 Å². The Kier molecular flexibility index (Phi) is 4.33. The largest absolute Gasteiger partial charge is 0.381 e. The fourth-order valence-electron chi connectivity index (χ4n) is 1.95. The molecule has 2 aromatic carbocycles. The highest BCUT2D eigenvalue weighted by atomic mass is 35.5. The molecule has 0 radical (unpaired) electrons. The summed E-state index contributed by atoms with van der Waals surface area (Å²) in [6.07, 6.45) is 0. The minimum absolute atomic E-state index is 0.788. The van der Waals surface area contributed by atoms with Gasteiger partial charge in [0, 0.05) is 37.0 Å². The van der Waals surface area contributed by atoms with Gasteiger partial charge in [-0.25, -0.2) is 0 Å². The van der Waals surface area contributed by atoms with Gasteiger partial charge >= 0.3 is 0 Å². The summed E-state index contributed by atoms with van der Waals surface area (Å²) in [7, 11) is 4.09. The fourth-order valence-corrected chi connectivity index (χ4v) is 2.18. The van der Waals surface area contributed by atoms with Crippen LogP contribution in [0.25, 0.3) is 0 Å². The van der Waals surface area contributed by atoms with Crippen LogP contribution in [0.4, 0.5) is 11.4 Å². The van der Waals surface area contributed by atoms with Crippen molar-refractivity contribution in [3.63, 3.8) is 0 Å². The van der Waals surface area contributed by atoms with Gasteiger partial charge in [-0.1, -0.05) is 23.7 Å². The normalized spacial score (nSPS) is 10.3. The number of anilines is 2. The van der Waals surface area contributed by atoms with Crippen molar-refractivity contribution in [3.8, 4) is 0 Å². The molecule has 2 nitrogen and oxygen atoms in total. The van der Waals surface area contributed by atoms with E-state index in [4.69, 9.17) is 11.6 Å². The van der Waals surface area contributed by atoms with Crippen LogP contribution in [0.2, 0.25) is 5.02 Å². The number of hydrogen-bond acceptors (Lipinski definition) is 2. The minimum Gasteiger partial charge on any atom is -0.381 e. The maximum Gasteiger partial charge on any atom is 0.0408 e. The third-order valence-electron chi connectivity index (χ3n) is 3.15. The number of halogens is 1. The predicted octanol–water partition coefficient (Wildman–Crippen LogP) is 4.33. The Morgan fingerprint density at radius 1 is 1.11 bits per heavy atom. The number of nitrogens with one attached hydrogen (secondary N) is 1. The topological polar surface area (TPSA) is 15.3 Å². The highest BCUT2D eigenvalue weighted by Crippen LogP contribution is 2.20. The lowest BCUT2D eigenvalue weighted by Crippen LogP contribution is -2.09. The van der Waals surface area contributed by atoms with Crippen molar-refractivity contribution in [1.29, 1.82) is 0 Å². The highest BCUT2D eigenvalue weighted by molar-refractivity contribution is 6.30. The Morgan fingerprint density at radius 2 is 1.89 bits per heavy atom. The highest BCUT2D eigenvalue weighted by Gasteiger charge is 2.01. The molecule has 0 amide bonds. The first-order valence-electron chi connectivity index (χ1n) is 6.32. The maximum atomic E-state index is 5.96. The van der Waals surface area contributed by atoms with Crippen molar-refractivity contribution in [2.75, 3.05) is 24.3 Å². The van der Waals surface area contributed by atoms with Gasteiger partial charge in [0.25, 0.3) is 0 Å². The molecule has 0 unspecified atom stereocenters. The summed E-state index contributed by atoms with van der Waals surface area (Å²) in [5, 5.41) is 4.23. The number of aryl methyl sites for hydroxylation is 1. The maximum absolute atomic E-state index is 5.96. The lowest BCUT2D eigenvalue weighted by atomic mass is 10.1. The second kappa shape index (κ2) is 5.98. The molecule has 2 rings (SSSR count). The van der Waals surface area contributed by atoms with Crippen molar-refractivity contribution in [2.45, 2.75) is 13.5 Å². The zero-order chi connectivity index (χ0) is 13.8. The van der Waals surface area contributed by atoms with Gasteiger partial charge in [-0.05, 0) is 48.4 Å². The minimum atomic E-state index is 0.788. The van der Waals surface area contributed by atoms with Crippen molar-refractivity contribution < 1.29 is 0 Å². The summed E-state index contributed by atoms with van der Waals surface area (Å²) in [4.78, 5) is 2.10. The van der Waals surface area contributed by atoms with Gasteiger partial charge in [0.1, 0.15) is 0 Å². The van der Waals surface area contributed by atoms with Crippen molar-refractivity contribution in [3.05, 3.63) is 58.6 Å². The Bertz CT molecular complexity index is 564. The SMILES string of the molecule is Cc1cc(Cl)ccc1CNc1cccc(N(C)C)c1. The van der Waals surface area contributed by atoms with E-state index < -0.39 is 0 Å². The summed E-state index contributed by atoms with van der Waals surface area (Å²) in [6, 6.07) is 14.4. The molecule has 0 aromatic heterocycles. The second-order valence-electron chi connectivity index (χ2n) is 4.87. The van der Waals surface area contributed by atoms with Crippen LogP contribution in [0.3, 0.4) is 0 Å². The van der Waals surface area contributed by atoms with Crippen LogP contribution in [0, 0.1) is 6.92 Å². The molecule has 0 bridgehead atoms. The average molecular weight is 275 g/mol. The molecule has 0 saturated carbocycles. The first-order valence-corrected chi connectivity index (χ1v) is 6.70. The monoisotopic (exact) mass is 274 g/mol. The molecule has 1 N–H and O–H groups in total. The van der Waals surface area contributed by atoms with Crippen molar-refractivity contribution in [2.24, 2.45) is 0 Å². The number of benzene rings is 2. The molecular weight excluding hydrogens is 256 g/mol. The molecule has 0 spiro atoms. The molecule has 100 valence electrons. The standard InChI is InChI=1S/C16H19ClN2/c1-12-9-14(17)8-7-13(12)11-18-15-5-4-6-16(10-15)19(2)3/h4-10,18H,11H2,1-3H3. The van der Waals surface area contributed by atoms with E-state index in [1.165, 1.54) is 16.8 Å². The number of hydrogen-bond donors (Lipinski definition) is 1. The third-order valence-corrected chi connectivity index (χ3v) is 3.39. The smallest absolute Gasteiger partial charge is 0.0408 e. The van der Waals surface area contributed by atoms with Crippen molar-refractivity contribution >= 4 is 23.0 Å². The van der Waals surface area contributed by atoms with E-state index in [9.17, 15) is 0 Å². The molecule has 19 heavy (non-hydrogen) atoms. The van der Waals surface area contributed by atoms with Crippen LogP contribution in [0.5, 0.6) is 0 Å². The molecule has 0 fully saturated rings. The summed E-state index contributed by atoms with van der Waals surface area (Å²) in [5.41, 5.74) is 4.79. The summed E-state index contributed by atoms with van der Waals surface area (Å²) in [6.45, 7) is 2.89. The van der Waals surface area contributed by atoms with Gasteiger partial charge in [0.05, 0.1) is 0 Å². The van der Waals surface area contributed by atoms with Gasteiger partial charge in [-0.2, -0.15) is 0 Å². The molecule has 0 aliphatic carbocycles. The van der Waals surface area contributed by atoms with E-state index in [1.54, 1.807) is 0 Å². The second-order valence-corrected chi connectivity index (χ2v) is 5.31. The summed E-state index contributed by atoms with van der Waals surface area (Å²) in [5.74, 6) is 0. The van der Waals surface area contributed by atoms with Crippen LogP contribution in [0.1, 0.15) is 11.1 Å². The lowest BCUT2D eigenvalue weighted by molar-refractivity contribution is 1.11. The van der Waals surface area contributed by atoms with E-state index in [2.05, 4.69) is 47.5 Å². The lowest BCUT2D eigenvalue weighted by Gasteiger charge is -2.15. The molecule has 0 heterocycles. The van der Waals surface area contributed by atoms with E-state index in [1.807, 2.05) is 26.2 Å². The zero-order valence-electron chi connectivity index (χ0n) is 11.6. The summed E-state index contributed by atoms with van der Waals surface area (Å²) < 4.78 is 0. The van der Waals surface area contributed by atoms with Crippen LogP contribution < -0.4 is 10.2 Å². The zero-order valence-corrected chi connectivity index (χ0v) is 12.3.